The van der Waals surface area contributed by atoms with Crippen LogP contribution < -0.4 is 10.9 Å². The molecule has 0 aromatic rings. The first kappa shape index (κ1) is 9.00. The average Bonchev–Trinajstić information content (AvgIpc) is 2.69. The van der Waals surface area contributed by atoms with Crippen LogP contribution in [0.25, 0.3) is 0 Å². The van der Waals surface area contributed by atoms with E-state index in [0.29, 0.717) is 6.04 Å². The van der Waals surface area contributed by atoms with E-state index in [0.717, 1.165) is 18.8 Å². The molecule has 2 aliphatic rings. The Morgan fingerprint density at radius 2 is 1.92 bits per heavy atom. The van der Waals surface area contributed by atoms with Gasteiger partial charge in [0.15, 0.2) is 0 Å². The summed E-state index contributed by atoms with van der Waals surface area (Å²) in [5, 5.41) is 0. The molecule has 3 nitrogen and oxygen atoms in total. The molecule has 1 saturated carbocycles. The molecule has 1 aliphatic heterocycles. The van der Waals surface area contributed by atoms with Crippen molar-refractivity contribution in [3.8, 4) is 0 Å². The van der Waals surface area contributed by atoms with Crippen LogP contribution in [-0.2, 0) is 0 Å². The number of rotatable bonds is 2. The van der Waals surface area contributed by atoms with Gasteiger partial charge in [-0.15, -0.1) is 0 Å². The van der Waals surface area contributed by atoms with Crippen LogP contribution in [0, 0.1) is 0 Å². The van der Waals surface area contributed by atoms with Gasteiger partial charge in [-0.05, 0) is 19.3 Å². The van der Waals surface area contributed by atoms with Crippen LogP contribution in [-0.4, -0.2) is 18.4 Å². The summed E-state index contributed by atoms with van der Waals surface area (Å²) < 4.78 is 0. The number of aliphatic imine (C=N–C) groups is 1. The Morgan fingerprint density at radius 1 is 1.08 bits per heavy atom. The summed E-state index contributed by atoms with van der Waals surface area (Å²) in [5.74, 6) is 1.16. The molecule has 2 rings (SSSR count). The van der Waals surface area contributed by atoms with Gasteiger partial charge in [0.1, 0.15) is 5.84 Å². The molecule has 0 amide bonds. The lowest BCUT2D eigenvalue weighted by Gasteiger charge is -2.23. The van der Waals surface area contributed by atoms with E-state index in [1.807, 2.05) is 0 Å². The number of hydrazine groups is 1. The molecule has 74 valence electrons. The molecule has 1 heterocycles. The van der Waals surface area contributed by atoms with Gasteiger partial charge in [-0.25, -0.2) is 5.43 Å². The summed E-state index contributed by atoms with van der Waals surface area (Å²) >= 11 is 0. The summed E-state index contributed by atoms with van der Waals surface area (Å²) in [6, 6.07) is 0.678. The van der Waals surface area contributed by atoms with Gasteiger partial charge in [0.25, 0.3) is 0 Å². The molecule has 0 bridgehead atoms. The minimum absolute atomic E-state index is 0.678. The number of nitrogens with one attached hydrogen (secondary N) is 2. The van der Waals surface area contributed by atoms with Crippen molar-refractivity contribution in [2.75, 3.05) is 6.54 Å². The molecule has 0 aromatic carbocycles. The average molecular weight is 181 g/mol. The van der Waals surface area contributed by atoms with Gasteiger partial charge in [-0.1, -0.05) is 19.3 Å². The maximum absolute atomic E-state index is 4.36. The molecular formula is C10H19N3. The predicted molar refractivity (Wildman–Crippen MR) is 54.7 cm³/mol. The van der Waals surface area contributed by atoms with Crippen molar-refractivity contribution in [1.82, 2.24) is 10.9 Å². The fourth-order valence-electron chi connectivity index (χ4n) is 2.07. The van der Waals surface area contributed by atoms with Gasteiger partial charge >= 0.3 is 0 Å². The van der Waals surface area contributed by atoms with E-state index in [-0.39, 0.29) is 0 Å². The molecule has 2 N–H and O–H groups in total. The number of amidine groups is 1. The first-order valence-corrected chi connectivity index (χ1v) is 5.50. The van der Waals surface area contributed by atoms with E-state index in [2.05, 4.69) is 15.8 Å². The number of hydrogen-bond acceptors (Lipinski definition) is 3. The maximum atomic E-state index is 4.36. The zero-order chi connectivity index (χ0) is 8.93. The fraction of sp³-hybridized carbons (Fsp3) is 0.900. The minimum Gasteiger partial charge on any atom is -0.309 e. The van der Waals surface area contributed by atoms with Crippen LogP contribution in [0.4, 0.5) is 0 Å². The summed E-state index contributed by atoms with van der Waals surface area (Å²) in [4.78, 5) is 4.36. The molecule has 0 unspecified atom stereocenters. The van der Waals surface area contributed by atoms with Crippen molar-refractivity contribution in [1.29, 1.82) is 0 Å². The molecule has 1 fully saturated rings. The quantitative estimate of drug-likeness (QED) is 0.635. The smallest absolute Gasteiger partial charge is 0.111 e. The first-order valence-electron chi connectivity index (χ1n) is 5.50. The summed E-state index contributed by atoms with van der Waals surface area (Å²) in [5.41, 5.74) is 6.63. The fourth-order valence-corrected chi connectivity index (χ4v) is 2.07. The second-order valence-electron chi connectivity index (χ2n) is 4.04. The van der Waals surface area contributed by atoms with E-state index in [4.69, 9.17) is 0 Å². The topological polar surface area (TPSA) is 36.4 Å². The molecular weight excluding hydrogens is 162 g/mol. The van der Waals surface area contributed by atoms with Gasteiger partial charge in [-0.2, -0.15) is 0 Å². The van der Waals surface area contributed by atoms with Crippen LogP contribution in [0.3, 0.4) is 0 Å². The lowest BCUT2D eigenvalue weighted by Crippen LogP contribution is -2.44. The Kier molecular flexibility index (Phi) is 3.19. The Labute approximate surface area is 80.0 Å². The largest absolute Gasteiger partial charge is 0.309 e. The third-order valence-corrected chi connectivity index (χ3v) is 2.90. The summed E-state index contributed by atoms with van der Waals surface area (Å²) in [7, 11) is 0. The van der Waals surface area contributed by atoms with Gasteiger partial charge in [0.05, 0.1) is 0 Å². The second kappa shape index (κ2) is 4.61. The molecule has 0 radical (unpaired) electrons. The van der Waals surface area contributed by atoms with Crippen LogP contribution in [0.2, 0.25) is 0 Å². The second-order valence-corrected chi connectivity index (χ2v) is 4.04. The molecule has 3 heteroatoms. The summed E-state index contributed by atoms with van der Waals surface area (Å²) in [6.45, 7) is 1.01. The predicted octanol–water partition coefficient (Wildman–Crippen LogP) is 1.61. The monoisotopic (exact) mass is 181 g/mol. The van der Waals surface area contributed by atoms with Crippen LogP contribution >= 0.6 is 0 Å². The minimum atomic E-state index is 0.678. The SMILES string of the molecule is C1CCC(NNC2=NCCC2)CC1. The number of hydrogen-bond donors (Lipinski definition) is 2. The van der Waals surface area contributed by atoms with Crippen LogP contribution in [0.15, 0.2) is 4.99 Å². The lowest BCUT2D eigenvalue weighted by atomic mass is 9.96. The molecule has 0 aromatic heterocycles. The van der Waals surface area contributed by atoms with Crippen molar-refractivity contribution in [3.05, 3.63) is 0 Å². The van der Waals surface area contributed by atoms with Crippen molar-refractivity contribution < 1.29 is 0 Å². The first-order chi connectivity index (χ1) is 6.45. The van der Waals surface area contributed by atoms with Gasteiger partial charge in [-0.3, -0.25) is 4.99 Å². The third-order valence-electron chi connectivity index (χ3n) is 2.90. The normalized spacial score (nSPS) is 24.5. The third kappa shape index (κ3) is 2.69. The molecule has 0 atom stereocenters. The maximum Gasteiger partial charge on any atom is 0.111 e. The van der Waals surface area contributed by atoms with E-state index >= 15 is 0 Å². The zero-order valence-corrected chi connectivity index (χ0v) is 8.18. The lowest BCUT2D eigenvalue weighted by molar-refractivity contribution is 0.360. The van der Waals surface area contributed by atoms with Crippen LogP contribution in [0.1, 0.15) is 44.9 Å². The summed E-state index contributed by atoms with van der Waals surface area (Å²) in [6.07, 6.45) is 9.16. The van der Waals surface area contributed by atoms with Crippen molar-refractivity contribution in [2.24, 2.45) is 4.99 Å². The molecule has 13 heavy (non-hydrogen) atoms. The Hall–Kier alpha value is -0.570. The van der Waals surface area contributed by atoms with Gasteiger partial charge < -0.3 is 5.43 Å². The van der Waals surface area contributed by atoms with Gasteiger partial charge in [0.2, 0.25) is 0 Å². The van der Waals surface area contributed by atoms with Crippen LogP contribution in [0.5, 0.6) is 0 Å². The highest BCUT2D eigenvalue weighted by molar-refractivity contribution is 5.83. The Bertz CT molecular complexity index is 183. The Morgan fingerprint density at radius 3 is 2.62 bits per heavy atom. The molecule has 1 aliphatic carbocycles. The van der Waals surface area contributed by atoms with E-state index in [1.54, 1.807) is 0 Å². The van der Waals surface area contributed by atoms with E-state index in [1.165, 1.54) is 38.5 Å². The Balaban J connectivity index is 1.66. The highest BCUT2D eigenvalue weighted by Crippen LogP contribution is 2.16. The van der Waals surface area contributed by atoms with E-state index in [9.17, 15) is 0 Å². The molecule has 0 spiro atoms. The number of nitrogens with zero attached hydrogens (tertiary/aromatic N) is 1. The zero-order valence-electron chi connectivity index (χ0n) is 8.18. The highest BCUT2D eigenvalue weighted by atomic mass is 15.4. The van der Waals surface area contributed by atoms with Gasteiger partial charge in [0, 0.05) is 19.0 Å². The van der Waals surface area contributed by atoms with Crippen molar-refractivity contribution in [3.63, 3.8) is 0 Å². The van der Waals surface area contributed by atoms with Crippen molar-refractivity contribution >= 4 is 5.84 Å². The van der Waals surface area contributed by atoms with E-state index < -0.39 is 0 Å². The highest BCUT2D eigenvalue weighted by Gasteiger charge is 2.13. The standard InChI is InChI=1S/C10H19N3/c1-2-5-9(6-3-1)12-13-10-7-4-8-11-10/h9,12H,1-8H2,(H,11,13). The van der Waals surface area contributed by atoms with Crippen molar-refractivity contribution in [2.45, 2.75) is 51.0 Å². The molecule has 0 saturated heterocycles.